The van der Waals surface area contributed by atoms with Gasteiger partial charge in [0.15, 0.2) is 0 Å². The Hall–Kier alpha value is -2.68. The predicted molar refractivity (Wildman–Crippen MR) is 76.4 cm³/mol. The Labute approximate surface area is 110 Å². The number of pyridine rings is 2. The van der Waals surface area contributed by atoms with E-state index in [0.717, 1.165) is 27.6 Å². The van der Waals surface area contributed by atoms with Gasteiger partial charge in [-0.3, -0.25) is 9.97 Å². The average Bonchev–Trinajstić information content (AvgIpc) is 2.83. The van der Waals surface area contributed by atoms with Gasteiger partial charge in [0.05, 0.1) is 22.7 Å². The van der Waals surface area contributed by atoms with Gasteiger partial charge in [-0.1, -0.05) is 18.2 Å². The predicted octanol–water partition coefficient (Wildman–Crippen LogP) is 3.57. The second-order valence-electron chi connectivity index (χ2n) is 4.43. The molecule has 4 aromatic rings. The monoisotopic (exact) mass is 245 g/mol. The molecule has 0 N–H and O–H groups in total. The Balaban J connectivity index is 2.24. The lowest BCUT2D eigenvalue weighted by molar-refractivity contribution is 1.16. The summed E-state index contributed by atoms with van der Waals surface area (Å²) in [5, 5.41) is 1.13. The summed E-state index contributed by atoms with van der Waals surface area (Å²) >= 11 is 0. The van der Waals surface area contributed by atoms with E-state index in [1.165, 1.54) is 0 Å². The first-order valence-corrected chi connectivity index (χ1v) is 6.20. The molecule has 90 valence electrons. The van der Waals surface area contributed by atoms with Crippen LogP contribution in [0.25, 0.3) is 27.6 Å². The first kappa shape index (κ1) is 10.3. The first-order chi connectivity index (χ1) is 9.45. The van der Waals surface area contributed by atoms with Crippen molar-refractivity contribution < 1.29 is 0 Å². The van der Waals surface area contributed by atoms with E-state index in [4.69, 9.17) is 0 Å². The minimum Gasteiger partial charge on any atom is -0.306 e. The third-order valence-corrected chi connectivity index (χ3v) is 3.34. The van der Waals surface area contributed by atoms with Crippen LogP contribution in [-0.4, -0.2) is 14.5 Å². The smallest absolute Gasteiger partial charge is 0.0964 e. The van der Waals surface area contributed by atoms with Gasteiger partial charge in [0.1, 0.15) is 0 Å². The van der Waals surface area contributed by atoms with Crippen LogP contribution in [-0.2, 0) is 0 Å². The van der Waals surface area contributed by atoms with E-state index in [1.54, 1.807) is 0 Å². The number of aromatic nitrogens is 3. The van der Waals surface area contributed by atoms with Crippen molar-refractivity contribution in [3.05, 3.63) is 67.1 Å². The molecule has 0 bridgehead atoms. The fourth-order valence-corrected chi connectivity index (χ4v) is 2.53. The van der Waals surface area contributed by atoms with Crippen LogP contribution in [0.3, 0.4) is 0 Å². The Bertz CT molecular complexity index is 810. The third-order valence-electron chi connectivity index (χ3n) is 3.34. The summed E-state index contributed by atoms with van der Waals surface area (Å²) in [4.78, 5) is 8.75. The molecule has 0 aliphatic rings. The first-order valence-electron chi connectivity index (χ1n) is 6.20. The fraction of sp³-hybridized carbons (Fsp3) is 0. The quantitative estimate of drug-likeness (QED) is 0.513. The van der Waals surface area contributed by atoms with Gasteiger partial charge < -0.3 is 4.57 Å². The van der Waals surface area contributed by atoms with Gasteiger partial charge in [0.25, 0.3) is 0 Å². The molecule has 0 saturated carbocycles. The lowest BCUT2D eigenvalue weighted by Crippen LogP contribution is -1.93. The van der Waals surface area contributed by atoms with Gasteiger partial charge in [-0.05, 0) is 30.3 Å². The molecule has 4 rings (SSSR count). The molecule has 0 atom stereocenters. The highest BCUT2D eigenvalue weighted by Crippen LogP contribution is 2.29. The van der Waals surface area contributed by atoms with Crippen LogP contribution < -0.4 is 0 Å². The second-order valence-corrected chi connectivity index (χ2v) is 4.43. The zero-order valence-corrected chi connectivity index (χ0v) is 10.2. The van der Waals surface area contributed by atoms with E-state index in [0.29, 0.717) is 0 Å². The summed E-state index contributed by atoms with van der Waals surface area (Å²) in [6.45, 7) is 0. The van der Waals surface area contributed by atoms with Crippen LogP contribution in [0, 0.1) is 0 Å². The minimum absolute atomic E-state index is 1.02. The molecule has 1 aromatic carbocycles. The molecule has 3 nitrogen and oxygen atoms in total. The van der Waals surface area contributed by atoms with Crippen molar-refractivity contribution in [3.8, 4) is 5.69 Å². The van der Waals surface area contributed by atoms with E-state index >= 15 is 0 Å². The summed E-state index contributed by atoms with van der Waals surface area (Å²) in [5.41, 5.74) is 4.34. The molecule has 0 amide bonds. The Kier molecular flexibility index (Phi) is 2.12. The van der Waals surface area contributed by atoms with Crippen molar-refractivity contribution in [1.29, 1.82) is 0 Å². The Morgan fingerprint density at radius 3 is 2.58 bits per heavy atom. The number of rotatable bonds is 1. The van der Waals surface area contributed by atoms with Gasteiger partial charge >= 0.3 is 0 Å². The van der Waals surface area contributed by atoms with Crippen molar-refractivity contribution >= 4 is 21.9 Å². The summed E-state index contributed by atoms with van der Waals surface area (Å²) in [6.07, 6.45) is 5.54. The van der Waals surface area contributed by atoms with Crippen LogP contribution in [0.15, 0.2) is 67.1 Å². The maximum absolute atomic E-state index is 4.51. The summed E-state index contributed by atoms with van der Waals surface area (Å²) in [5.74, 6) is 0. The number of para-hydroxylation sites is 1. The highest BCUT2D eigenvalue weighted by molar-refractivity contribution is 6.06. The highest BCUT2D eigenvalue weighted by Gasteiger charge is 2.11. The standard InChI is InChI=1S/C16H11N3/c1-2-5-12(6-3-1)19-14-7-4-9-18-16(14)13-8-10-17-11-15(13)19/h1-11H. The van der Waals surface area contributed by atoms with E-state index in [1.807, 2.05) is 48.9 Å². The van der Waals surface area contributed by atoms with Crippen molar-refractivity contribution in [2.45, 2.75) is 0 Å². The second kappa shape index (κ2) is 3.92. The topological polar surface area (TPSA) is 30.7 Å². The molecular weight excluding hydrogens is 234 g/mol. The van der Waals surface area contributed by atoms with E-state index < -0.39 is 0 Å². The third kappa shape index (κ3) is 1.45. The zero-order chi connectivity index (χ0) is 12.7. The number of fused-ring (bicyclic) bond motifs is 3. The van der Waals surface area contributed by atoms with E-state index in [9.17, 15) is 0 Å². The molecule has 0 spiro atoms. The lowest BCUT2D eigenvalue weighted by Gasteiger charge is -2.06. The molecule has 3 heteroatoms. The van der Waals surface area contributed by atoms with E-state index in [-0.39, 0.29) is 0 Å². The van der Waals surface area contributed by atoms with Crippen molar-refractivity contribution in [1.82, 2.24) is 14.5 Å². The van der Waals surface area contributed by atoms with Crippen LogP contribution in [0.1, 0.15) is 0 Å². The van der Waals surface area contributed by atoms with Crippen molar-refractivity contribution in [3.63, 3.8) is 0 Å². The van der Waals surface area contributed by atoms with Crippen LogP contribution >= 0.6 is 0 Å². The number of hydrogen-bond donors (Lipinski definition) is 0. The molecule has 0 unspecified atom stereocenters. The molecule has 0 radical (unpaired) electrons. The number of nitrogens with zero attached hydrogens (tertiary/aromatic N) is 3. The van der Waals surface area contributed by atoms with Gasteiger partial charge in [-0.2, -0.15) is 0 Å². The number of hydrogen-bond acceptors (Lipinski definition) is 2. The SMILES string of the molecule is c1ccc(-n2c3cnccc3c3ncccc32)cc1. The maximum atomic E-state index is 4.51. The van der Waals surface area contributed by atoms with Gasteiger partial charge in [-0.15, -0.1) is 0 Å². The van der Waals surface area contributed by atoms with Crippen LogP contribution in [0.4, 0.5) is 0 Å². The fourth-order valence-electron chi connectivity index (χ4n) is 2.53. The van der Waals surface area contributed by atoms with Gasteiger partial charge in [0.2, 0.25) is 0 Å². The molecule has 0 aliphatic heterocycles. The molecule has 19 heavy (non-hydrogen) atoms. The average molecular weight is 245 g/mol. The highest BCUT2D eigenvalue weighted by atomic mass is 15.0. The molecule has 0 aliphatic carbocycles. The Morgan fingerprint density at radius 1 is 0.789 bits per heavy atom. The summed E-state index contributed by atoms with van der Waals surface area (Å²) < 4.78 is 2.20. The van der Waals surface area contributed by atoms with E-state index in [2.05, 4.69) is 32.7 Å². The largest absolute Gasteiger partial charge is 0.306 e. The Morgan fingerprint density at radius 2 is 1.68 bits per heavy atom. The summed E-state index contributed by atoms with van der Waals surface area (Å²) in [6, 6.07) is 16.4. The van der Waals surface area contributed by atoms with Crippen molar-refractivity contribution in [2.24, 2.45) is 0 Å². The molecule has 3 heterocycles. The minimum atomic E-state index is 1.02. The summed E-state index contributed by atoms with van der Waals surface area (Å²) in [7, 11) is 0. The normalized spacial score (nSPS) is 11.2. The molecular formula is C16H11N3. The molecule has 0 saturated heterocycles. The zero-order valence-electron chi connectivity index (χ0n) is 10.2. The lowest BCUT2D eigenvalue weighted by atomic mass is 10.3. The van der Waals surface area contributed by atoms with Gasteiger partial charge in [0, 0.05) is 23.5 Å². The molecule has 0 fully saturated rings. The molecule has 3 aromatic heterocycles. The maximum Gasteiger partial charge on any atom is 0.0964 e. The van der Waals surface area contributed by atoms with Crippen molar-refractivity contribution in [2.75, 3.05) is 0 Å². The van der Waals surface area contributed by atoms with Crippen LogP contribution in [0.2, 0.25) is 0 Å². The number of benzene rings is 1. The van der Waals surface area contributed by atoms with Crippen LogP contribution in [0.5, 0.6) is 0 Å². The van der Waals surface area contributed by atoms with Gasteiger partial charge in [-0.25, -0.2) is 0 Å².